The zero-order valence-corrected chi connectivity index (χ0v) is 9.65. The van der Waals surface area contributed by atoms with Crippen LogP contribution in [0.1, 0.15) is 36.7 Å². The smallest absolute Gasteiger partial charge is 0.110 e. The third-order valence-corrected chi connectivity index (χ3v) is 3.78. The Morgan fingerprint density at radius 1 is 1.44 bits per heavy atom. The number of hydrogen-bond acceptors (Lipinski definition) is 3. The van der Waals surface area contributed by atoms with E-state index in [0.717, 1.165) is 32.5 Å². The number of rotatable bonds is 1. The number of nitrogens with two attached hydrogens (primary N) is 1. The second-order valence-corrected chi connectivity index (χ2v) is 5.07. The molecule has 4 heteroatoms. The molecule has 0 bridgehead atoms. The predicted molar refractivity (Wildman–Crippen MR) is 63.4 cm³/mol. The first kappa shape index (κ1) is 10.3. The predicted octanol–water partition coefficient (Wildman–Crippen LogP) is 0.624. The third kappa shape index (κ3) is 1.87. The molecule has 0 aromatic carbocycles. The first-order valence-corrected chi connectivity index (χ1v) is 6.35. The Labute approximate surface area is 96.2 Å². The van der Waals surface area contributed by atoms with E-state index in [1.54, 1.807) is 0 Å². The number of imidazole rings is 1. The Balaban J connectivity index is 1.80. The molecule has 1 fully saturated rings. The van der Waals surface area contributed by atoms with Gasteiger partial charge in [0.15, 0.2) is 0 Å². The number of hydrogen-bond donors (Lipinski definition) is 2. The van der Waals surface area contributed by atoms with Crippen LogP contribution >= 0.6 is 0 Å². The molecule has 1 aromatic heterocycles. The van der Waals surface area contributed by atoms with Gasteiger partial charge in [-0.25, -0.2) is 4.98 Å². The molecule has 0 amide bonds. The molecular formula is C12H20N4. The average molecular weight is 220 g/mol. The first-order valence-electron chi connectivity index (χ1n) is 6.35. The number of aromatic nitrogens is 2. The van der Waals surface area contributed by atoms with Crippen LogP contribution in [0.15, 0.2) is 6.20 Å². The van der Waals surface area contributed by atoms with Gasteiger partial charge in [-0.1, -0.05) is 0 Å². The molecule has 2 unspecified atom stereocenters. The summed E-state index contributed by atoms with van der Waals surface area (Å²) in [4.78, 5) is 4.77. The van der Waals surface area contributed by atoms with Gasteiger partial charge in [-0.05, 0) is 25.8 Å². The summed E-state index contributed by atoms with van der Waals surface area (Å²) in [7, 11) is 0. The summed E-state index contributed by atoms with van der Waals surface area (Å²) in [6.07, 6.45) is 6.83. The SMILES string of the molecule is NC1CCn2cc(C3CCCNC3)nc2C1. The van der Waals surface area contributed by atoms with Gasteiger partial charge in [-0.2, -0.15) is 0 Å². The average Bonchev–Trinajstić information content (AvgIpc) is 2.73. The van der Waals surface area contributed by atoms with Crippen LogP contribution in [0.5, 0.6) is 0 Å². The number of aryl methyl sites for hydroxylation is 1. The minimum Gasteiger partial charge on any atom is -0.335 e. The van der Waals surface area contributed by atoms with Crippen LogP contribution in [0.25, 0.3) is 0 Å². The molecule has 4 nitrogen and oxygen atoms in total. The Bertz CT molecular complexity index is 365. The van der Waals surface area contributed by atoms with Crippen LogP contribution < -0.4 is 11.1 Å². The van der Waals surface area contributed by atoms with Gasteiger partial charge in [-0.15, -0.1) is 0 Å². The number of nitrogens with zero attached hydrogens (tertiary/aromatic N) is 2. The Kier molecular flexibility index (Phi) is 2.69. The zero-order valence-electron chi connectivity index (χ0n) is 9.65. The van der Waals surface area contributed by atoms with Crippen molar-refractivity contribution in [1.29, 1.82) is 0 Å². The Morgan fingerprint density at radius 2 is 2.38 bits per heavy atom. The largest absolute Gasteiger partial charge is 0.335 e. The fourth-order valence-electron chi connectivity index (χ4n) is 2.78. The van der Waals surface area contributed by atoms with Crippen molar-refractivity contribution in [3.8, 4) is 0 Å². The lowest BCUT2D eigenvalue weighted by Gasteiger charge is -2.20. The second-order valence-electron chi connectivity index (χ2n) is 5.07. The highest BCUT2D eigenvalue weighted by Crippen LogP contribution is 2.24. The molecule has 3 heterocycles. The molecule has 3 N–H and O–H groups in total. The van der Waals surface area contributed by atoms with E-state index in [9.17, 15) is 0 Å². The van der Waals surface area contributed by atoms with Crippen molar-refractivity contribution in [2.45, 2.75) is 44.2 Å². The number of piperidine rings is 1. The molecule has 1 saturated heterocycles. The van der Waals surface area contributed by atoms with Crippen molar-refractivity contribution in [1.82, 2.24) is 14.9 Å². The van der Waals surface area contributed by atoms with Crippen molar-refractivity contribution in [2.75, 3.05) is 13.1 Å². The maximum atomic E-state index is 5.97. The van der Waals surface area contributed by atoms with Gasteiger partial charge in [0.25, 0.3) is 0 Å². The summed E-state index contributed by atoms with van der Waals surface area (Å²) in [5, 5.41) is 3.45. The molecule has 2 atom stereocenters. The van der Waals surface area contributed by atoms with Gasteiger partial charge >= 0.3 is 0 Å². The van der Waals surface area contributed by atoms with Gasteiger partial charge in [0.1, 0.15) is 5.82 Å². The molecule has 2 aliphatic rings. The standard InChI is InChI=1S/C12H20N4/c13-10-3-5-16-8-11(15-12(16)6-10)9-2-1-4-14-7-9/h8-10,14H,1-7,13H2. The minimum atomic E-state index is 0.312. The fourth-order valence-corrected chi connectivity index (χ4v) is 2.78. The quantitative estimate of drug-likeness (QED) is 0.729. The van der Waals surface area contributed by atoms with Gasteiger partial charge in [0.05, 0.1) is 5.69 Å². The lowest BCUT2D eigenvalue weighted by molar-refractivity contribution is 0.455. The van der Waals surface area contributed by atoms with Crippen LogP contribution in [0, 0.1) is 0 Å². The molecule has 88 valence electrons. The molecule has 3 rings (SSSR count). The van der Waals surface area contributed by atoms with Crippen molar-refractivity contribution >= 4 is 0 Å². The summed E-state index contributed by atoms with van der Waals surface area (Å²) in [6.45, 7) is 3.29. The summed E-state index contributed by atoms with van der Waals surface area (Å²) < 4.78 is 2.30. The van der Waals surface area contributed by atoms with Crippen LogP contribution in [0.3, 0.4) is 0 Å². The minimum absolute atomic E-state index is 0.312. The lowest BCUT2D eigenvalue weighted by atomic mass is 9.97. The van der Waals surface area contributed by atoms with Gasteiger partial charge in [0, 0.05) is 37.7 Å². The highest BCUT2D eigenvalue weighted by molar-refractivity contribution is 5.13. The molecule has 0 saturated carbocycles. The van der Waals surface area contributed by atoms with Crippen LogP contribution in [-0.4, -0.2) is 28.7 Å². The molecule has 0 radical (unpaired) electrons. The normalized spacial score (nSPS) is 30.1. The summed E-state index contributed by atoms with van der Waals surface area (Å²) in [6, 6.07) is 0.312. The van der Waals surface area contributed by atoms with E-state index in [4.69, 9.17) is 10.7 Å². The van der Waals surface area contributed by atoms with Crippen molar-refractivity contribution in [3.05, 3.63) is 17.7 Å². The van der Waals surface area contributed by atoms with E-state index >= 15 is 0 Å². The van der Waals surface area contributed by atoms with E-state index < -0.39 is 0 Å². The van der Waals surface area contributed by atoms with E-state index in [1.807, 2.05) is 0 Å². The highest BCUT2D eigenvalue weighted by Gasteiger charge is 2.22. The van der Waals surface area contributed by atoms with Gasteiger partial charge in [-0.3, -0.25) is 0 Å². The molecule has 0 spiro atoms. The van der Waals surface area contributed by atoms with Crippen molar-refractivity contribution in [3.63, 3.8) is 0 Å². The second kappa shape index (κ2) is 4.18. The molecule has 0 aliphatic carbocycles. The van der Waals surface area contributed by atoms with Gasteiger partial charge < -0.3 is 15.6 Å². The van der Waals surface area contributed by atoms with E-state index in [1.165, 1.54) is 24.4 Å². The lowest BCUT2D eigenvalue weighted by Crippen LogP contribution is -2.30. The molecular weight excluding hydrogens is 200 g/mol. The van der Waals surface area contributed by atoms with Crippen molar-refractivity contribution < 1.29 is 0 Å². The number of nitrogens with one attached hydrogen (secondary N) is 1. The summed E-state index contributed by atoms with van der Waals surface area (Å²) in [5.41, 5.74) is 7.25. The molecule has 16 heavy (non-hydrogen) atoms. The highest BCUT2D eigenvalue weighted by atomic mass is 15.1. The maximum Gasteiger partial charge on any atom is 0.110 e. The van der Waals surface area contributed by atoms with Gasteiger partial charge in [0.2, 0.25) is 0 Å². The summed E-state index contributed by atoms with van der Waals surface area (Å²) in [5.74, 6) is 1.81. The monoisotopic (exact) mass is 220 g/mol. The number of fused-ring (bicyclic) bond motifs is 1. The molecule has 2 aliphatic heterocycles. The van der Waals surface area contributed by atoms with Crippen LogP contribution in [-0.2, 0) is 13.0 Å². The zero-order chi connectivity index (χ0) is 11.0. The summed E-state index contributed by atoms with van der Waals surface area (Å²) >= 11 is 0. The van der Waals surface area contributed by atoms with E-state index in [-0.39, 0.29) is 0 Å². The third-order valence-electron chi connectivity index (χ3n) is 3.78. The van der Waals surface area contributed by atoms with Crippen LogP contribution in [0.4, 0.5) is 0 Å². The topological polar surface area (TPSA) is 55.9 Å². The maximum absolute atomic E-state index is 5.97. The first-order chi connectivity index (χ1) is 7.83. The fraction of sp³-hybridized carbons (Fsp3) is 0.750. The van der Waals surface area contributed by atoms with E-state index in [0.29, 0.717) is 12.0 Å². The van der Waals surface area contributed by atoms with Crippen molar-refractivity contribution in [2.24, 2.45) is 5.73 Å². The Hall–Kier alpha value is -0.870. The Morgan fingerprint density at radius 3 is 3.19 bits per heavy atom. The van der Waals surface area contributed by atoms with E-state index in [2.05, 4.69) is 16.1 Å². The molecule has 1 aromatic rings. The van der Waals surface area contributed by atoms with Crippen LogP contribution in [0.2, 0.25) is 0 Å².